The molecule has 1 aromatic rings. The van der Waals surface area contributed by atoms with E-state index in [1.54, 1.807) is 25.5 Å². The zero-order chi connectivity index (χ0) is 11.4. The number of amides is 1. The van der Waals surface area contributed by atoms with Crippen molar-refractivity contribution in [1.29, 1.82) is 0 Å². The molecule has 86 valence electrons. The molecule has 5 heteroatoms. The zero-order valence-corrected chi connectivity index (χ0v) is 9.39. The van der Waals surface area contributed by atoms with Crippen LogP contribution in [0.3, 0.4) is 0 Å². The zero-order valence-electron chi connectivity index (χ0n) is 9.39. The summed E-state index contributed by atoms with van der Waals surface area (Å²) in [7, 11) is 0. The molecule has 0 spiro atoms. The lowest BCUT2D eigenvalue weighted by Gasteiger charge is -2.31. The summed E-state index contributed by atoms with van der Waals surface area (Å²) in [6, 6.07) is 0.396. The number of hydrogen-bond donors (Lipinski definition) is 1. The molecule has 1 saturated heterocycles. The van der Waals surface area contributed by atoms with E-state index in [0.29, 0.717) is 6.04 Å². The highest BCUT2D eigenvalue weighted by atomic mass is 16.2. The van der Waals surface area contributed by atoms with Gasteiger partial charge in [-0.05, 0) is 12.8 Å². The molecule has 1 aliphatic rings. The van der Waals surface area contributed by atoms with Crippen LogP contribution in [0.25, 0.3) is 0 Å². The first-order chi connectivity index (χ1) is 7.75. The second-order valence-corrected chi connectivity index (χ2v) is 4.02. The third-order valence-electron chi connectivity index (χ3n) is 2.86. The van der Waals surface area contributed by atoms with Gasteiger partial charge < -0.3 is 10.2 Å². The molecule has 0 unspecified atom stereocenters. The summed E-state index contributed by atoms with van der Waals surface area (Å²) >= 11 is 0. The molecule has 0 aromatic carbocycles. The Balaban J connectivity index is 1.84. The first-order valence-electron chi connectivity index (χ1n) is 5.54. The number of nitrogens with zero attached hydrogens (tertiary/aromatic N) is 3. The van der Waals surface area contributed by atoms with Crippen LogP contribution in [0.5, 0.6) is 0 Å². The van der Waals surface area contributed by atoms with E-state index in [9.17, 15) is 4.79 Å². The van der Waals surface area contributed by atoms with E-state index < -0.39 is 0 Å². The average molecular weight is 220 g/mol. The molecule has 1 aliphatic heterocycles. The molecule has 2 rings (SSSR count). The summed E-state index contributed by atoms with van der Waals surface area (Å²) in [6.45, 7) is 3.27. The lowest BCUT2D eigenvalue weighted by atomic mass is 10.1. The summed E-state index contributed by atoms with van der Waals surface area (Å²) in [4.78, 5) is 21.2. The SMILES string of the molecule is CC(=O)N1CCC(Nc2cnccn2)CC1. The number of rotatable bonds is 2. The standard InChI is InChI=1S/C11H16N4O/c1-9(16)15-6-2-10(3-7-15)14-11-8-12-4-5-13-11/h4-5,8,10H,2-3,6-7H2,1H3,(H,13,14). The van der Waals surface area contributed by atoms with Crippen LogP contribution in [0.4, 0.5) is 5.82 Å². The van der Waals surface area contributed by atoms with E-state index in [-0.39, 0.29) is 5.91 Å². The molecule has 0 bridgehead atoms. The fourth-order valence-corrected chi connectivity index (χ4v) is 1.92. The van der Waals surface area contributed by atoms with Gasteiger partial charge >= 0.3 is 0 Å². The fraction of sp³-hybridized carbons (Fsp3) is 0.545. The van der Waals surface area contributed by atoms with Gasteiger partial charge in [-0.3, -0.25) is 9.78 Å². The lowest BCUT2D eigenvalue weighted by molar-refractivity contribution is -0.129. The van der Waals surface area contributed by atoms with Crippen molar-refractivity contribution in [3.63, 3.8) is 0 Å². The Morgan fingerprint density at radius 2 is 2.19 bits per heavy atom. The molecule has 0 atom stereocenters. The normalized spacial score (nSPS) is 17.2. The van der Waals surface area contributed by atoms with Crippen molar-refractivity contribution < 1.29 is 4.79 Å². The highest BCUT2D eigenvalue weighted by Crippen LogP contribution is 2.14. The van der Waals surface area contributed by atoms with Crippen LogP contribution >= 0.6 is 0 Å². The van der Waals surface area contributed by atoms with Gasteiger partial charge in [-0.25, -0.2) is 4.98 Å². The van der Waals surface area contributed by atoms with E-state index >= 15 is 0 Å². The van der Waals surface area contributed by atoms with Gasteiger partial charge in [0.15, 0.2) is 0 Å². The van der Waals surface area contributed by atoms with Crippen LogP contribution in [0.2, 0.25) is 0 Å². The number of anilines is 1. The fourth-order valence-electron chi connectivity index (χ4n) is 1.92. The Labute approximate surface area is 94.9 Å². The van der Waals surface area contributed by atoms with Crippen molar-refractivity contribution >= 4 is 11.7 Å². The summed E-state index contributed by atoms with van der Waals surface area (Å²) in [6.07, 6.45) is 6.99. The second kappa shape index (κ2) is 4.92. The van der Waals surface area contributed by atoms with Crippen molar-refractivity contribution in [3.05, 3.63) is 18.6 Å². The molecule has 0 radical (unpaired) electrons. The number of aromatic nitrogens is 2. The molecule has 0 saturated carbocycles. The maximum absolute atomic E-state index is 11.1. The summed E-state index contributed by atoms with van der Waals surface area (Å²) in [5.74, 6) is 0.974. The van der Waals surface area contributed by atoms with Crippen molar-refractivity contribution in [2.45, 2.75) is 25.8 Å². The van der Waals surface area contributed by atoms with E-state index in [4.69, 9.17) is 0 Å². The molecule has 0 aliphatic carbocycles. The number of likely N-dealkylation sites (tertiary alicyclic amines) is 1. The predicted molar refractivity (Wildman–Crippen MR) is 60.9 cm³/mol. The van der Waals surface area contributed by atoms with Crippen molar-refractivity contribution in [1.82, 2.24) is 14.9 Å². The Bertz CT molecular complexity index is 346. The molecule has 1 aromatic heterocycles. The maximum Gasteiger partial charge on any atom is 0.219 e. The van der Waals surface area contributed by atoms with Gasteiger partial charge in [0, 0.05) is 38.4 Å². The molecule has 1 fully saturated rings. The second-order valence-electron chi connectivity index (χ2n) is 4.02. The van der Waals surface area contributed by atoms with E-state index in [1.807, 2.05) is 4.90 Å². The summed E-state index contributed by atoms with van der Waals surface area (Å²) < 4.78 is 0. The van der Waals surface area contributed by atoms with Crippen molar-refractivity contribution in [2.75, 3.05) is 18.4 Å². The topological polar surface area (TPSA) is 58.1 Å². The quantitative estimate of drug-likeness (QED) is 0.804. The maximum atomic E-state index is 11.1. The molecule has 5 nitrogen and oxygen atoms in total. The minimum Gasteiger partial charge on any atom is -0.366 e. The van der Waals surface area contributed by atoms with Gasteiger partial charge in [-0.15, -0.1) is 0 Å². The Hall–Kier alpha value is -1.65. The lowest BCUT2D eigenvalue weighted by Crippen LogP contribution is -2.41. The van der Waals surface area contributed by atoms with Crippen LogP contribution in [0, 0.1) is 0 Å². The highest BCUT2D eigenvalue weighted by molar-refractivity contribution is 5.73. The van der Waals surface area contributed by atoms with Gasteiger partial charge in [0.05, 0.1) is 6.20 Å². The van der Waals surface area contributed by atoms with Crippen LogP contribution in [-0.2, 0) is 4.79 Å². The first kappa shape index (κ1) is 10.9. The number of nitrogens with one attached hydrogen (secondary N) is 1. The van der Waals surface area contributed by atoms with Crippen LogP contribution in [0.15, 0.2) is 18.6 Å². The summed E-state index contributed by atoms with van der Waals surface area (Å²) in [5.41, 5.74) is 0. The van der Waals surface area contributed by atoms with Crippen LogP contribution < -0.4 is 5.32 Å². The van der Waals surface area contributed by atoms with E-state index in [2.05, 4.69) is 15.3 Å². The van der Waals surface area contributed by atoms with Crippen LogP contribution in [0.1, 0.15) is 19.8 Å². The molecule has 1 amide bonds. The molecule has 16 heavy (non-hydrogen) atoms. The number of carbonyl (C=O) groups is 1. The van der Waals surface area contributed by atoms with Crippen LogP contribution in [-0.4, -0.2) is 39.9 Å². The number of piperidine rings is 1. The largest absolute Gasteiger partial charge is 0.366 e. The molecular formula is C11H16N4O. The molecule has 1 N–H and O–H groups in total. The predicted octanol–water partition coefficient (Wildman–Crippen LogP) is 0.899. The van der Waals surface area contributed by atoms with E-state index in [1.165, 1.54) is 0 Å². The van der Waals surface area contributed by atoms with Gasteiger partial charge in [-0.2, -0.15) is 0 Å². The van der Waals surface area contributed by atoms with Gasteiger partial charge in [0.1, 0.15) is 5.82 Å². The minimum atomic E-state index is 0.165. The summed E-state index contributed by atoms with van der Waals surface area (Å²) in [5, 5.41) is 3.33. The Morgan fingerprint density at radius 3 is 2.75 bits per heavy atom. The van der Waals surface area contributed by atoms with E-state index in [0.717, 1.165) is 31.7 Å². The third kappa shape index (κ3) is 2.68. The van der Waals surface area contributed by atoms with Gasteiger partial charge in [0.25, 0.3) is 0 Å². The number of carbonyl (C=O) groups excluding carboxylic acids is 1. The molecular weight excluding hydrogens is 204 g/mol. The third-order valence-corrected chi connectivity index (χ3v) is 2.86. The average Bonchev–Trinajstić information content (AvgIpc) is 2.31. The number of hydrogen-bond acceptors (Lipinski definition) is 4. The highest BCUT2D eigenvalue weighted by Gasteiger charge is 2.20. The Morgan fingerprint density at radius 1 is 1.44 bits per heavy atom. The minimum absolute atomic E-state index is 0.165. The monoisotopic (exact) mass is 220 g/mol. The van der Waals surface area contributed by atoms with Crippen molar-refractivity contribution in [3.8, 4) is 0 Å². The first-order valence-corrected chi connectivity index (χ1v) is 5.54. The smallest absolute Gasteiger partial charge is 0.219 e. The van der Waals surface area contributed by atoms with Gasteiger partial charge in [-0.1, -0.05) is 0 Å². The van der Waals surface area contributed by atoms with Gasteiger partial charge in [0.2, 0.25) is 5.91 Å². The Kier molecular flexibility index (Phi) is 3.34. The van der Waals surface area contributed by atoms with Crippen molar-refractivity contribution in [2.24, 2.45) is 0 Å². The molecule has 2 heterocycles.